The van der Waals surface area contributed by atoms with Crippen LogP contribution in [0, 0.1) is 0 Å². The highest BCUT2D eigenvalue weighted by atomic mass is 16.5. The summed E-state index contributed by atoms with van der Waals surface area (Å²) in [5.41, 5.74) is 0.969. The van der Waals surface area contributed by atoms with Gasteiger partial charge in [-0.3, -0.25) is 0 Å². The van der Waals surface area contributed by atoms with E-state index in [0.29, 0.717) is 0 Å². The first-order valence-corrected chi connectivity index (χ1v) is 8.75. The average Bonchev–Trinajstić information content (AvgIpc) is 2.55. The summed E-state index contributed by atoms with van der Waals surface area (Å²) in [7, 11) is 1.66. The molecule has 126 valence electrons. The van der Waals surface area contributed by atoms with Crippen molar-refractivity contribution in [2.45, 2.75) is 58.5 Å². The highest BCUT2D eigenvalue weighted by molar-refractivity contribution is 5.28. The van der Waals surface area contributed by atoms with Gasteiger partial charge in [0.2, 0.25) is 0 Å². The third-order valence-electron chi connectivity index (χ3n) is 4.09. The summed E-state index contributed by atoms with van der Waals surface area (Å²) < 4.78 is 5.17. The van der Waals surface area contributed by atoms with Crippen LogP contribution in [-0.4, -0.2) is 36.8 Å². The van der Waals surface area contributed by atoms with Gasteiger partial charge in [-0.25, -0.2) is 0 Å². The van der Waals surface area contributed by atoms with Gasteiger partial charge in [0.1, 0.15) is 5.75 Å². The molecular formula is C19H33NO2. The predicted octanol–water partition coefficient (Wildman–Crippen LogP) is 4.41. The van der Waals surface area contributed by atoms with Crippen molar-refractivity contribution < 1.29 is 9.84 Å². The van der Waals surface area contributed by atoms with Gasteiger partial charge in [-0.1, -0.05) is 51.7 Å². The lowest BCUT2D eigenvalue weighted by atomic mass is 10.1. The standard InChI is InChI=1S/C19H33NO2/c1-4-6-8-14-20(15-9-7-5-2)16-19(21)17-10-12-18(22-3)13-11-17/h10-13,19,21H,4-9,14-16H2,1-3H3. The number of benzene rings is 1. The average molecular weight is 307 g/mol. The summed E-state index contributed by atoms with van der Waals surface area (Å²) in [6.45, 7) is 7.36. The predicted molar refractivity (Wildman–Crippen MR) is 93.4 cm³/mol. The highest BCUT2D eigenvalue weighted by Gasteiger charge is 2.13. The molecule has 1 aromatic rings. The number of methoxy groups -OCH3 is 1. The summed E-state index contributed by atoms with van der Waals surface area (Å²) in [6, 6.07) is 7.74. The van der Waals surface area contributed by atoms with E-state index >= 15 is 0 Å². The van der Waals surface area contributed by atoms with Gasteiger partial charge in [0.05, 0.1) is 13.2 Å². The van der Waals surface area contributed by atoms with Gasteiger partial charge >= 0.3 is 0 Å². The molecule has 1 unspecified atom stereocenters. The summed E-state index contributed by atoms with van der Waals surface area (Å²) in [4.78, 5) is 2.42. The first-order valence-electron chi connectivity index (χ1n) is 8.75. The quantitative estimate of drug-likeness (QED) is 0.581. The van der Waals surface area contributed by atoms with Crippen LogP contribution in [0.25, 0.3) is 0 Å². The molecule has 1 atom stereocenters. The third-order valence-corrected chi connectivity index (χ3v) is 4.09. The summed E-state index contributed by atoms with van der Waals surface area (Å²) >= 11 is 0. The Morgan fingerprint density at radius 3 is 1.95 bits per heavy atom. The minimum atomic E-state index is -0.422. The van der Waals surface area contributed by atoms with Crippen LogP contribution >= 0.6 is 0 Å². The van der Waals surface area contributed by atoms with Crippen LogP contribution < -0.4 is 4.74 Å². The number of ether oxygens (including phenoxy) is 1. The lowest BCUT2D eigenvalue weighted by Crippen LogP contribution is -2.30. The van der Waals surface area contributed by atoms with E-state index in [2.05, 4.69) is 18.7 Å². The lowest BCUT2D eigenvalue weighted by molar-refractivity contribution is 0.110. The first kappa shape index (κ1) is 19.0. The molecule has 0 amide bonds. The van der Waals surface area contributed by atoms with Crippen LogP contribution in [0.2, 0.25) is 0 Å². The second-order valence-corrected chi connectivity index (χ2v) is 6.00. The van der Waals surface area contributed by atoms with Crippen molar-refractivity contribution in [2.24, 2.45) is 0 Å². The number of rotatable bonds is 12. The summed E-state index contributed by atoms with van der Waals surface area (Å²) in [5, 5.41) is 10.5. The van der Waals surface area contributed by atoms with E-state index in [-0.39, 0.29) is 0 Å². The Hall–Kier alpha value is -1.06. The topological polar surface area (TPSA) is 32.7 Å². The Balaban J connectivity index is 2.52. The van der Waals surface area contributed by atoms with Gasteiger partial charge in [-0.15, -0.1) is 0 Å². The maximum Gasteiger partial charge on any atom is 0.118 e. The summed E-state index contributed by atoms with van der Waals surface area (Å²) in [6.07, 6.45) is 7.03. The van der Waals surface area contributed by atoms with E-state index in [1.165, 1.54) is 38.5 Å². The van der Waals surface area contributed by atoms with Crippen LogP contribution in [0.4, 0.5) is 0 Å². The molecule has 1 rings (SSSR count). The van der Waals surface area contributed by atoms with Crippen LogP contribution in [0.15, 0.2) is 24.3 Å². The minimum Gasteiger partial charge on any atom is -0.497 e. The van der Waals surface area contributed by atoms with Crippen LogP contribution in [0.3, 0.4) is 0 Å². The minimum absolute atomic E-state index is 0.422. The highest BCUT2D eigenvalue weighted by Crippen LogP contribution is 2.19. The molecule has 0 saturated carbocycles. The van der Waals surface area contributed by atoms with Gasteiger partial charge in [0.15, 0.2) is 0 Å². The van der Waals surface area contributed by atoms with Crippen molar-refractivity contribution in [3.63, 3.8) is 0 Å². The second kappa shape index (κ2) is 11.5. The maximum atomic E-state index is 10.5. The molecule has 0 aliphatic carbocycles. The van der Waals surface area contributed by atoms with E-state index in [4.69, 9.17) is 4.74 Å². The van der Waals surface area contributed by atoms with Gasteiger partial charge < -0.3 is 14.7 Å². The molecule has 0 aliphatic heterocycles. The SMILES string of the molecule is CCCCCN(CCCCC)CC(O)c1ccc(OC)cc1. The van der Waals surface area contributed by atoms with E-state index in [0.717, 1.165) is 30.9 Å². The van der Waals surface area contributed by atoms with Crippen molar-refractivity contribution in [1.82, 2.24) is 4.90 Å². The fraction of sp³-hybridized carbons (Fsp3) is 0.684. The van der Waals surface area contributed by atoms with Gasteiger partial charge in [-0.05, 0) is 43.6 Å². The molecule has 0 aromatic heterocycles. The zero-order chi connectivity index (χ0) is 16.2. The molecule has 0 spiro atoms. The van der Waals surface area contributed by atoms with E-state index in [1.54, 1.807) is 7.11 Å². The van der Waals surface area contributed by atoms with E-state index in [9.17, 15) is 5.11 Å². The van der Waals surface area contributed by atoms with Crippen molar-refractivity contribution in [1.29, 1.82) is 0 Å². The number of unbranched alkanes of at least 4 members (excludes halogenated alkanes) is 4. The number of hydrogen-bond acceptors (Lipinski definition) is 3. The van der Waals surface area contributed by atoms with Crippen molar-refractivity contribution >= 4 is 0 Å². The first-order chi connectivity index (χ1) is 10.7. The van der Waals surface area contributed by atoms with E-state index < -0.39 is 6.10 Å². The molecule has 0 bridgehead atoms. The normalized spacial score (nSPS) is 12.6. The van der Waals surface area contributed by atoms with Gasteiger partial charge in [0.25, 0.3) is 0 Å². The molecule has 0 radical (unpaired) electrons. The van der Waals surface area contributed by atoms with Crippen LogP contribution in [0.1, 0.15) is 64.0 Å². The Morgan fingerprint density at radius 2 is 1.50 bits per heavy atom. The largest absolute Gasteiger partial charge is 0.497 e. The van der Waals surface area contributed by atoms with Crippen LogP contribution in [0.5, 0.6) is 5.75 Å². The fourth-order valence-corrected chi connectivity index (χ4v) is 2.64. The number of aliphatic hydroxyl groups is 1. The van der Waals surface area contributed by atoms with E-state index in [1.807, 2.05) is 24.3 Å². The van der Waals surface area contributed by atoms with Gasteiger partial charge in [0, 0.05) is 6.54 Å². The maximum absolute atomic E-state index is 10.5. The molecule has 3 nitrogen and oxygen atoms in total. The molecule has 1 N–H and O–H groups in total. The third kappa shape index (κ3) is 7.28. The molecule has 22 heavy (non-hydrogen) atoms. The number of nitrogens with zero attached hydrogens (tertiary/aromatic N) is 1. The Bertz CT molecular complexity index is 368. The fourth-order valence-electron chi connectivity index (χ4n) is 2.64. The number of aliphatic hydroxyl groups excluding tert-OH is 1. The Morgan fingerprint density at radius 1 is 0.955 bits per heavy atom. The molecule has 3 heteroatoms. The zero-order valence-corrected chi connectivity index (χ0v) is 14.6. The van der Waals surface area contributed by atoms with Crippen LogP contribution in [-0.2, 0) is 0 Å². The van der Waals surface area contributed by atoms with Crippen molar-refractivity contribution in [3.8, 4) is 5.75 Å². The lowest BCUT2D eigenvalue weighted by Gasteiger charge is -2.25. The molecule has 0 aliphatic rings. The summed E-state index contributed by atoms with van der Waals surface area (Å²) in [5.74, 6) is 0.832. The monoisotopic (exact) mass is 307 g/mol. The molecule has 1 aromatic carbocycles. The Kier molecular flexibility index (Phi) is 9.93. The molecule has 0 saturated heterocycles. The zero-order valence-electron chi connectivity index (χ0n) is 14.6. The molecule has 0 fully saturated rings. The smallest absolute Gasteiger partial charge is 0.118 e. The molecular weight excluding hydrogens is 274 g/mol. The second-order valence-electron chi connectivity index (χ2n) is 6.00. The van der Waals surface area contributed by atoms with Crippen molar-refractivity contribution in [2.75, 3.05) is 26.7 Å². The van der Waals surface area contributed by atoms with Gasteiger partial charge in [-0.2, -0.15) is 0 Å². The molecule has 0 heterocycles. The Labute approximate surface area is 136 Å². The van der Waals surface area contributed by atoms with Crippen molar-refractivity contribution in [3.05, 3.63) is 29.8 Å². The number of hydrogen-bond donors (Lipinski definition) is 1.